The van der Waals surface area contributed by atoms with Gasteiger partial charge in [0.05, 0.1) is 73.2 Å². The SMILES string of the molecule is CCC1OC1C/C=C\C/C=C\C=C/C(O)C/C=C\C/C=C\CCC(=O)O.CCC1OC1C/C=C\C=C\C(O)C/C=C\C/C=C\C/C=C\CCC(=O)O.CCC1OC1C/C=C\CC(O)/C=C\C=C/C/C=C\C/C=C\CCC(=O)O.CCC1OC1CC(O)/C=C/C=C\C/C=C\C/C=C\C/C=C\CCC(=O)O. The molecule has 8 N–H and O–H groups in total. The van der Waals surface area contributed by atoms with E-state index >= 15 is 0 Å². The largest absolute Gasteiger partial charge is 0.481 e. The molecule has 0 amide bonds. The van der Waals surface area contributed by atoms with E-state index in [1.807, 2.05) is 134 Å². The van der Waals surface area contributed by atoms with E-state index in [1.165, 1.54) is 0 Å². The minimum absolute atomic E-state index is 0.168. The van der Waals surface area contributed by atoms with Crippen LogP contribution in [0.2, 0.25) is 0 Å². The van der Waals surface area contributed by atoms with Crippen LogP contribution in [0.3, 0.4) is 0 Å². The first-order valence-electron chi connectivity index (χ1n) is 37.9. The van der Waals surface area contributed by atoms with Crippen molar-refractivity contribution in [3.63, 3.8) is 0 Å². The first-order chi connectivity index (χ1) is 50.5. The third-order valence-electron chi connectivity index (χ3n) is 15.9. The van der Waals surface area contributed by atoms with E-state index in [-0.39, 0.29) is 31.8 Å². The molecule has 0 radical (unpaired) electrons. The number of allylic oxidation sites excluding steroid dienone is 30. The number of aliphatic carboxylic acids is 4. The van der Waals surface area contributed by atoms with Gasteiger partial charge in [-0.1, -0.05) is 271 Å². The lowest BCUT2D eigenvalue weighted by atomic mass is 10.1. The Kier molecular flexibility index (Phi) is 61.0. The van der Waals surface area contributed by atoms with Gasteiger partial charge in [0, 0.05) is 32.1 Å². The molecule has 0 aromatic heterocycles. The molecule has 4 fully saturated rings. The fourth-order valence-electron chi connectivity index (χ4n) is 9.68. The van der Waals surface area contributed by atoms with Gasteiger partial charge in [0.2, 0.25) is 0 Å². The number of hydrogen-bond donors (Lipinski definition) is 8. The summed E-state index contributed by atoms with van der Waals surface area (Å²) < 4.78 is 21.8. The summed E-state index contributed by atoms with van der Waals surface area (Å²) in [7, 11) is 0. The Morgan fingerprint density at radius 1 is 0.260 bits per heavy atom. The molecular weight excluding hydrogens is 1310 g/mol. The van der Waals surface area contributed by atoms with E-state index in [9.17, 15) is 39.6 Å². The number of aliphatic hydroxyl groups is 4. The highest BCUT2D eigenvalue weighted by Crippen LogP contribution is 2.31. The number of carboxylic acid groups (broad SMARTS) is 4. The summed E-state index contributed by atoms with van der Waals surface area (Å²) in [5, 5.41) is 73.4. The fraction of sp³-hybridized carbons (Fsp3) is 0.500. The van der Waals surface area contributed by atoms with Gasteiger partial charge in [-0.3, -0.25) is 19.2 Å². The van der Waals surface area contributed by atoms with Crippen LogP contribution in [0.25, 0.3) is 0 Å². The number of carboxylic acids is 4. The van der Waals surface area contributed by atoms with E-state index in [0.717, 1.165) is 103 Å². The monoisotopic (exact) mass is 1440 g/mol. The van der Waals surface area contributed by atoms with Crippen molar-refractivity contribution in [2.24, 2.45) is 0 Å². The molecule has 12 unspecified atom stereocenters. The zero-order valence-electron chi connectivity index (χ0n) is 62.7. The Labute approximate surface area is 623 Å². The molecule has 4 saturated heterocycles. The molecule has 4 aliphatic rings. The molecule has 16 nitrogen and oxygen atoms in total. The molecule has 104 heavy (non-hydrogen) atoms. The topological polar surface area (TPSA) is 280 Å². The summed E-state index contributed by atoms with van der Waals surface area (Å²) in [6.07, 6.45) is 101. The molecule has 0 aromatic rings. The third-order valence-corrected chi connectivity index (χ3v) is 15.9. The minimum atomic E-state index is -0.775. The van der Waals surface area contributed by atoms with E-state index in [0.29, 0.717) is 94.1 Å². The number of carbonyl (C=O) groups is 4. The number of ether oxygens (including phenoxy) is 4. The van der Waals surface area contributed by atoms with E-state index in [2.05, 4.69) is 113 Å². The fourth-order valence-corrected chi connectivity index (χ4v) is 9.68. The normalized spacial score (nSPS) is 21.8. The van der Waals surface area contributed by atoms with Gasteiger partial charge < -0.3 is 59.8 Å². The van der Waals surface area contributed by atoms with E-state index in [1.54, 1.807) is 24.3 Å². The lowest BCUT2D eigenvalue weighted by Gasteiger charge is -2.00. The maximum atomic E-state index is 10.3. The summed E-state index contributed by atoms with van der Waals surface area (Å²) in [6.45, 7) is 8.52. The van der Waals surface area contributed by atoms with Crippen LogP contribution in [0, 0.1) is 0 Å². The Balaban J connectivity index is 0.000000693. The van der Waals surface area contributed by atoms with Gasteiger partial charge in [-0.25, -0.2) is 0 Å². The Bertz CT molecular complexity index is 2880. The first kappa shape index (κ1) is 94.4. The molecule has 0 aromatic carbocycles. The standard InChI is InChI=1S/4C22H32O4/c1-2-20-21(26-20)17-13-9-5-3-7-11-15-19(23)16-12-8-4-6-10-14-18-22(24)25;1-2-20-21(26-20)17-13-10-12-16-19(23)15-11-8-6-4-3-5-7-9-14-18-22(24)25;1-2-20-21(26-20)17-14-13-16-19(23)15-11-9-7-5-3-4-6-8-10-12-18-22(24)25;1-2-20-21(26-20)18-19(23)16-14-12-10-8-6-4-3-5-7-9-11-13-15-17-22(24)25/h3,6-13,15,19-21,23H,2,4-5,14,16-18H2,1H3,(H,24,25);3-4,7-13,16,19-21,23H,2,5-6,14-15,17-18H2,1H3,(H,24,25);3-4,7-11,13-15,19-21,23H,2,5-6,12,16-18H2,1H3,(H,24,25);4-7,10-14,16,19-21,23H,2-3,8-9,15,17-18H2,1H3,(H,24,25)/b7-3-,10-6-,12-8-,13-9-,15-11-;4-3-,9-7-,11-8-,13-10-,16-12+;4-3-,9-7-,10-8-,14-13-,15-11-;6-4-,7-5-,12-10-,13-11-,16-14+. The average Bonchev–Trinajstić information content (AvgIpc) is 1.71. The molecule has 0 aliphatic carbocycles. The van der Waals surface area contributed by atoms with Crippen molar-refractivity contribution < 1.29 is 79.0 Å². The lowest BCUT2D eigenvalue weighted by molar-refractivity contribution is -0.137. The van der Waals surface area contributed by atoms with Crippen molar-refractivity contribution in [2.75, 3.05) is 0 Å². The third kappa shape index (κ3) is 65.1. The molecule has 4 aliphatic heterocycles. The van der Waals surface area contributed by atoms with Gasteiger partial charge in [0.1, 0.15) is 0 Å². The molecule has 0 saturated carbocycles. The highest BCUT2D eigenvalue weighted by atomic mass is 16.6. The van der Waals surface area contributed by atoms with Gasteiger partial charge in [-0.15, -0.1) is 0 Å². The highest BCUT2D eigenvalue weighted by molar-refractivity contribution is 5.67. The molecular formula is C88H128O16. The van der Waals surface area contributed by atoms with Crippen LogP contribution in [0.1, 0.15) is 207 Å². The maximum Gasteiger partial charge on any atom is 0.303 e. The van der Waals surface area contributed by atoms with Crippen LogP contribution < -0.4 is 0 Å². The second kappa shape index (κ2) is 67.3. The molecule has 4 heterocycles. The van der Waals surface area contributed by atoms with Crippen molar-refractivity contribution in [1.82, 2.24) is 0 Å². The number of hydrogen-bond acceptors (Lipinski definition) is 12. The van der Waals surface area contributed by atoms with E-state index in [4.69, 9.17) is 39.4 Å². The van der Waals surface area contributed by atoms with Gasteiger partial charge >= 0.3 is 23.9 Å². The number of epoxide rings is 4. The molecule has 16 heteroatoms. The van der Waals surface area contributed by atoms with Crippen LogP contribution in [0.15, 0.2) is 243 Å². The molecule has 4 rings (SSSR count). The van der Waals surface area contributed by atoms with Crippen LogP contribution in [0.4, 0.5) is 0 Å². The highest BCUT2D eigenvalue weighted by Gasteiger charge is 2.38. The molecule has 576 valence electrons. The summed E-state index contributed by atoms with van der Waals surface area (Å²) in [5.74, 6) is -3.05. The second-order valence-electron chi connectivity index (χ2n) is 25.2. The van der Waals surface area contributed by atoms with Crippen LogP contribution >= 0.6 is 0 Å². The quantitative estimate of drug-likeness (QED) is 0.0160. The van der Waals surface area contributed by atoms with Crippen molar-refractivity contribution in [3.05, 3.63) is 243 Å². The molecule has 12 atom stereocenters. The Morgan fingerprint density at radius 3 is 0.769 bits per heavy atom. The van der Waals surface area contributed by atoms with Crippen LogP contribution in [-0.4, -0.2) is 138 Å². The predicted molar refractivity (Wildman–Crippen MR) is 424 cm³/mol. The first-order valence-corrected chi connectivity index (χ1v) is 37.9. The van der Waals surface area contributed by atoms with Crippen LogP contribution in [-0.2, 0) is 38.1 Å². The van der Waals surface area contributed by atoms with Gasteiger partial charge in [-0.05, 0) is 148 Å². The minimum Gasteiger partial charge on any atom is -0.481 e. The van der Waals surface area contributed by atoms with E-state index < -0.39 is 48.3 Å². The summed E-state index contributed by atoms with van der Waals surface area (Å²) in [4.78, 5) is 41.3. The van der Waals surface area contributed by atoms with Gasteiger partial charge in [0.25, 0.3) is 0 Å². The Morgan fingerprint density at radius 2 is 0.481 bits per heavy atom. The van der Waals surface area contributed by atoms with Crippen molar-refractivity contribution in [3.8, 4) is 0 Å². The summed E-state index contributed by atoms with van der Waals surface area (Å²) in [6, 6.07) is 0. The van der Waals surface area contributed by atoms with Crippen LogP contribution in [0.5, 0.6) is 0 Å². The lowest BCUT2D eigenvalue weighted by Crippen LogP contribution is -2.07. The van der Waals surface area contributed by atoms with Crippen molar-refractivity contribution in [2.45, 2.75) is 281 Å². The summed E-state index contributed by atoms with van der Waals surface area (Å²) in [5.41, 5.74) is 0. The van der Waals surface area contributed by atoms with Gasteiger partial charge in [0.15, 0.2) is 0 Å². The molecule has 0 bridgehead atoms. The predicted octanol–water partition coefficient (Wildman–Crippen LogP) is 18.9. The number of aliphatic hydroxyl groups excluding tert-OH is 4. The van der Waals surface area contributed by atoms with Gasteiger partial charge in [-0.2, -0.15) is 0 Å². The second-order valence-corrected chi connectivity index (χ2v) is 25.2. The smallest absolute Gasteiger partial charge is 0.303 e. The maximum absolute atomic E-state index is 10.3. The van der Waals surface area contributed by atoms with Crippen molar-refractivity contribution >= 4 is 23.9 Å². The van der Waals surface area contributed by atoms with Crippen molar-refractivity contribution in [1.29, 1.82) is 0 Å². The average molecular weight is 1440 g/mol. The Hall–Kier alpha value is -7.64. The number of rotatable bonds is 56. The zero-order valence-corrected chi connectivity index (χ0v) is 62.7. The molecule has 0 spiro atoms. The summed E-state index contributed by atoms with van der Waals surface area (Å²) >= 11 is 0. The zero-order chi connectivity index (χ0) is 76.1.